The van der Waals surface area contributed by atoms with Gasteiger partial charge in [0, 0.05) is 25.2 Å². The molecule has 2 atom stereocenters. The fourth-order valence-electron chi connectivity index (χ4n) is 3.29. The molecule has 7 heteroatoms. The van der Waals surface area contributed by atoms with Crippen LogP contribution in [0.25, 0.3) is 0 Å². The molecule has 0 amide bonds. The molecule has 2 heterocycles. The van der Waals surface area contributed by atoms with Crippen LogP contribution in [0.3, 0.4) is 0 Å². The Bertz CT molecular complexity index is 674. The second kappa shape index (κ2) is 5.72. The summed E-state index contributed by atoms with van der Waals surface area (Å²) in [6.07, 6.45) is 1.87. The Balaban J connectivity index is 2.02. The molecule has 2 unspecified atom stereocenters. The van der Waals surface area contributed by atoms with Crippen LogP contribution in [-0.2, 0) is 10.0 Å². The second-order valence-corrected chi connectivity index (χ2v) is 7.87. The lowest BCUT2D eigenvalue weighted by Gasteiger charge is -2.38. The average molecular weight is 326 g/mol. The number of hydrogen-bond donors (Lipinski definition) is 1. The standard InChI is InChI=1S/C15H22N2O4S/c1-10-4-3-5-17(12(10)8-16)22(18,19)15-7-14-13(6-11(15)2)20-9-21-14/h6-7,10,12H,3-5,8-9,16H2,1-2H3. The summed E-state index contributed by atoms with van der Waals surface area (Å²) in [4.78, 5) is 0.282. The monoisotopic (exact) mass is 326 g/mol. The van der Waals surface area contributed by atoms with Crippen molar-refractivity contribution in [2.24, 2.45) is 11.7 Å². The lowest BCUT2D eigenvalue weighted by atomic mass is 9.93. The van der Waals surface area contributed by atoms with E-state index in [1.54, 1.807) is 23.4 Å². The van der Waals surface area contributed by atoms with Gasteiger partial charge in [-0.3, -0.25) is 0 Å². The Morgan fingerprint density at radius 2 is 2.00 bits per heavy atom. The van der Waals surface area contributed by atoms with Gasteiger partial charge in [-0.15, -0.1) is 0 Å². The van der Waals surface area contributed by atoms with Gasteiger partial charge < -0.3 is 15.2 Å². The summed E-state index contributed by atoms with van der Waals surface area (Å²) >= 11 is 0. The highest BCUT2D eigenvalue weighted by molar-refractivity contribution is 7.89. The number of piperidine rings is 1. The van der Waals surface area contributed by atoms with Gasteiger partial charge in [0.05, 0.1) is 4.90 Å². The van der Waals surface area contributed by atoms with E-state index in [4.69, 9.17) is 15.2 Å². The van der Waals surface area contributed by atoms with E-state index in [1.807, 2.05) is 0 Å². The van der Waals surface area contributed by atoms with E-state index in [9.17, 15) is 8.42 Å². The van der Waals surface area contributed by atoms with Crippen LogP contribution in [0.5, 0.6) is 11.5 Å². The molecule has 0 radical (unpaired) electrons. The molecule has 1 fully saturated rings. The maximum Gasteiger partial charge on any atom is 0.243 e. The van der Waals surface area contributed by atoms with E-state index >= 15 is 0 Å². The summed E-state index contributed by atoms with van der Waals surface area (Å²) in [5.41, 5.74) is 6.50. The highest BCUT2D eigenvalue weighted by Gasteiger charge is 2.37. The van der Waals surface area contributed by atoms with Gasteiger partial charge in [0.25, 0.3) is 0 Å². The molecule has 0 saturated carbocycles. The molecule has 1 saturated heterocycles. The normalized spacial score (nSPS) is 25.4. The zero-order valence-corrected chi connectivity index (χ0v) is 13.7. The summed E-state index contributed by atoms with van der Waals surface area (Å²) in [6, 6.07) is 3.14. The van der Waals surface area contributed by atoms with Gasteiger partial charge in [0.1, 0.15) is 0 Å². The van der Waals surface area contributed by atoms with Crippen LogP contribution in [-0.4, -0.2) is 38.6 Å². The fraction of sp³-hybridized carbons (Fsp3) is 0.600. The topological polar surface area (TPSA) is 81.9 Å². The third kappa shape index (κ3) is 2.47. The van der Waals surface area contributed by atoms with Crippen molar-refractivity contribution in [3.63, 3.8) is 0 Å². The molecule has 1 aromatic carbocycles. The Morgan fingerprint density at radius 3 is 2.68 bits per heavy atom. The van der Waals surface area contributed by atoms with Gasteiger partial charge in [-0.25, -0.2) is 8.42 Å². The molecule has 122 valence electrons. The predicted molar refractivity (Wildman–Crippen MR) is 82.4 cm³/mol. The van der Waals surface area contributed by atoms with Gasteiger partial charge in [0.15, 0.2) is 11.5 Å². The van der Waals surface area contributed by atoms with E-state index in [1.165, 1.54) is 0 Å². The van der Waals surface area contributed by atoms with E-state index < -0.39 is 10.0 Å². The van der Waals surface area contributed by atoms with Crippen molar-refractivity contribution in [2.45, 2.75) is 37.6 Å². The van der Waals surface area contributed by atoms with Crippen LogP contribution >= 0.6 is 0 Å². The third-order valence-electron chi connectivity index (χ3n) is 4.56. The molecule has 0 spiro atoms. The first-order chi connectivity index (χ1) is 10.4. The molecule has 3 rings (SSSR count). The number of fused-ring (bicyclic) bond motifs is 1. The van der Waals surface area contributed by atoms with Crippen molar-refractivity contribution in [1.29, 1.82) is 0 Å². The molecular formula is C15H22N2O4S. The number of nitrogens with zero attached hydrogens (tertiary/aromatic N) is 1. The van der Waals surface area contributed by atoms with Gasteiger partial charge in [-0.2, -0.15) is 4.31 Å². The largest absolute Gasteiger partial charge is 0.454 e. The Hall–Kier alpha value is -1.31. The molecule has 2 aliphatic rings. The molecule has 2 aliphatic heterocycles. The smallest absolute Gasteiger partial charge is 0.243 e. The fourth-order valence-corrected chi connectivity index (χ4v) is 5.28. The Kier molecular flexibility index (Phi) is 4.05. The van der Waals surface area contributed by atoms with Gasteiger partial charge >= 0.3 is 0 Å². The number of aryl methyl sites for hydroxylation is 1. The minimum absolute atomic E-state index is 0.129. The molecule has 22 heavy (non-hydrogen) atoms. The molecule has 0 aliphatic carbocycles. The second-order valence-electron chi connectivity index (χ2n) is 6.01. The number of ether oxygens (including phenoxy) is 2. The first kappa shape index (κ1) is 15.6. The van der Waals surface area contributed by atoms with E-state index in [-0.39, 0.29) is 23.6 Å². The molecule has 0 bridgehead atoms. The molecule has 0 aromatic heterocycles. The Labute approximate surface area is 131 Å². The SMILES string of the molecule is Cc1cc2c(cc1S(=O)(=O)N1CCCC(C)C1CN)OCO2. The molecule has 2 N–H and O–H groups in total. The van der Waals surface area contributed by atoms with Crippen LogP contribution in [0.2, 0.25) is 0 Å². The summed E-state index contributed by atoms with van der Waals surface area (Å²) in [6.45, 7) is 4.82. The summed E-state index contributed by atoms with van der Waals surface area (Å²) < 4.78 is 38.4. The van der Waals surface area contributed by atoms with Crippen molar-refractivity contribution >= 4 is 10.0 Å². The average Bonchev–Trinajstić information content (AvgIpc) is 2.93. The van der Waals surface area contributed by atoms with Crippen LogP contribution in [0.15, 0.2) is 17.0 Å². The zero-order chi connectivity index (χ0) is 15.9. The molecular weight excluding hydrogens is 304 g/mol. The minimum atomic E-state index is -3.59. The minimum Gasteiger partial charge on any atom is -0.454 e. The van der Waals surface area contributed by atoms with E-state index in [2.05, 4.69) is 6.92 Å². The van der Waals surface area contributed by atoms with Crippen molar-refractivity contribution in [2.75, 3.05) is 19.9 Å². The highest BCUT2D eigenvalue weighted by Crippen LogP contribution is 2.38. The van der Waals surface area contributed by atoms with E-state index in [0.29, 0.717) is 30.2 Å². The summed E-state index contributed by atoms with van der Waals surface area (Å²) in [5, 5.41) is 0. The van der Waals surface area contributed by atoms with Gasteiger partial charge in [-0.05, 0) is 37.3 Å². The first-order valence-electron chi connectivity index (χ1n) is 7.57. The number of benzene rings is 1. The number of sulfonamides is 1. The van der Waals surface area contributed by atoms with Crippen molar-refractivity contribution < 1.29 is 17.9 Å². The highest BCUT2D eigenvalue weighted by atomic mass is 32.2. The lowest BCUT2D eigenvalue weighted by molar-refractivity contribution is 0.173. The number of hydrogen-bond acceptors (Lipinski definition) is 5. The third-order valence-corrected chi connectivity index (χ3v) is 6.63. The van der Waals surface area contributed by atoms with Crippen LogP contribution in [0, 0.1) is 12.8 Å². The maximum absolute atomic E-state index is 13.1. The van der Waals surface area contributed by atoms with Gasteiger partial charge in [-0.1, -0.05) is 6.92 Å². The summed E-state index contributed by atoms with van der Waals surface area (Å²) in [7, 11) is -3.59. The predicted octanol–water partition coefficient (Wildman–Crippen LogP) is 1.47. The van der Waals surface area contributed by atoms with Crippen LogP contribution < -0.4 is 15.2 Å². The quantitative estimate of drug-likeness (QED) is 0.909. The number of nitrogens with two attached hydrogens (primary N) is 1. The van der Waals surface area contributed by atoms with Crippen LogP contribution in [0.1, 0.15) is 25.3 Å². The molecule has 6 nitrogen and oxygen atoms in total. The Morgan fingerprint density at radius 1 is 1.32 bits per heavy atom. The first-order valence-corrected chi connectivity index (χ1v) is 9.01. The van der Waals surface area contributed by atoms with Crippen LogP contribution in [0.4, 0.5) is 0 Å². The zero-order valence-electron chi connectivity index (χ0n) is 12.9. The van der Waals surface area contributed by atoms with E-state index in [0.717, 1.165) is 12.8 Å². The van der Waals surface area contributed by atoms with Gasteiger partial charge in [0.2, 0.25) is 16.8 Å². The molecule has 1 aromatic rings. The summed E-state index contributed by atoms with van der Waals surface area (Å²) in [5.74, 6) is 1.35. The van der Waals surface area contributed by atoms with Crippen molar-refractivity contribution in [1.82, 2.24) is 4.31 Å². The van der Waals surface area contributed by atoms with Crippen molar-refractivity contribution in [3.05, 3.63) is 17.7 Å². The number of rotatable bonds is 3. The van der Waals surface area contributed by atoms with Crippen molar-refractivity contribution in [3.8, 4) is 11.5 Å². The maximum atomic E-state index is 13.1. The lowest BCUT2D eigenvalue weighted by Crippen LogP contribution is -2.51.